The van der Waals surface area contributed by atoms with Gasteiger partial charge in [-0.1, -0.05) is 0 Å². The van der Waals surface area contributed by atoms with Gasteiger partial charge in [0.05, 0.1) is 5.60 Å². The molecule has 1 fully saturated rings. The Balaban J connectivity index is 0.000000360. The molecule has 1 atom stereocenters. The van der Waals surface area contributed by atoms with Crippen LogP contribution >= 0.6 is 9.90 Å². The lowest BCUT2D eigenvalue weighted by molar-refractivity contribution is -0.0147. The first-order chi connectivity index (χ1) is 2.71. The molecule has 1 rings (SSSR count). The first-order valence-electron chi connectivity index (χ1n) is 2.43. The van der Waals surface area contributed by atoms with E-state index in [1.807, 2.05) is 6.92 Å². The average Bonchev–Trinajstić information content (AvgIpc) is 1.32. The summed E-state index contributed by atoms with van der Waals surface area (Å²) >= 11 is 0. The van der Waals surface area contributed by atoms with E-state index in [1.54, 1.807) is 0 Å². The Morgan fingerprint density at radius 2 is 1.71 bits per heavy atom. The maximum Gasteiger partial charge on any atom is 0.0619 e. The van der Waals surface area contributed by atoms with Gasteiger partial charge in [0.25, 0.3) is 0 Å². The van der Waals surface area contributed by atoms with Crippen LogP contribution in [-0.2, 0) is 0 Å². The standard InChI is InChI=1S/C5H10O.H3P/c1-5(6)3-2-4-5;/h6H,2-4H2,1H3;1H3. The molecular weight excluding hydrogens is 107 g/mol. The lowest BCUT2D eigenvalue weighted by Gasteiger charge is -2.31. The second-order valence-electron chi connectivity index (χ2n) is 2.35. The maximum atomic E-state index is 8.91. The molecule has 0 radical (unpaired) electrons. The van der Waals surface area contributed by atoms with Crippen LogP contribution in [0.15, 0.2) is 0 Å². The van der Waals surface area contributed by atoms with E-state index >= 15 is 0 Å². The molecule has 0 aromatic rings. The van der Waals surface area contributed by atoms with E-state index in [9.17, 15) is 0 Å². The van der Waals surface area contributed by atoms with Crippen molar-refractivity contribution in [3.8, 4) is 0 Å². The molecule has 0 saturated heterocycles. The summed E-state index contributed by atoms with van der Waals surface area (Å²) in [6.07, 6.45) is 3.23. The highest BCUT2D eigenvalue weighted by Crippen LogP contribution is 2.29. The Morgan fingerprint density at radius 1 is 1.43 bits per heavy atom. The average molecular weight is 120 g/mol. The third kappa shape index (κ3) is 1.75. The lowest BCUT2D eigenvalue weighted by Crippen LogP contribution is -2.32. The predicted octanol–water partition coefficient (Wildman–Crippen LogP) is 0.979. The van der Waals surface area contributed by atoms with Crippen molar-refractivity contribution in [2.75, 3.05) is 0 Å². The molecule has 1 aliphatic rings. The number of aliphatic hydroxyl groups is 1. The van der Waals surface area contributed by atoms with Crippen LogP contribution in [-0.4, -0.2) is 10.7 Å². The Bertz CT molecular complexity index is 55.1. The topological polar surface area (TPSA) is 20.2 Å². The van der Waals surface area contributed by atoms with Gasteiger partial charge in [0.1, 0.15) is 0 Å². The van der Waals surface area contributed by atoms with Gasteiger partial charge < -0.3 is 5.11 Å². The fraction of sp³-hybridized carbons (Fsp3) is 1.00. The molecule has 7 heavy (non-hydrogen) atoms. The van der Waals surface area contributed by atoms with E-state index in [4.69, 9.17) is 5.11 Å². The number of hydrogen-bond acceptors (Lipinski definition) is 1. The lowest BCUT2D eigenvalue weighted by atomic mass is 9.82. The minimum atomic E-state index is -0.278. The molecule has 0 spiro atoms. The zero-order chi connectivity index (χ0) is 4.62. The third-order valence-electron chi connectivity index (χ3n) is 1.43. The van der Waals surface area contributed by atoms with Crippen LogP contribution in [0.25, 0.3) is 0 Å². The second-order valence-corrected chi connectivity index (χ2v) is 2.35. The van der Waals surface area contributed by atoms with Crippen molar-refractivity contribution < 1.29 is 5.11 Å². The molecule has 0 aliphatic heterocycles. The van der Waals surface area contributed by atoms with Crippen LogP contribution in [0.2, 0.25) is 0 Å². The Morgan fingerprint density at radius 3 is 1.71 bits per heavy atom. The van der Waals surface area contributed by atoms with E-state index < -0.39 is 0 Å². The molecule has 2 heteroatoms. The highest BCUT2D eigenvalue weighted by molar-refractivity contribution is 6.92. The Hall–Kier alpha value is 0.390. The highest BCUT2D eigenvalue weighted by Gasteiger charge is 2.27. The van der Waals surface area contributed by atoms with Gasteiger partial charge >= 0.3 is 0 Å². The molecule has 1 saturated carbocycles. The molecule has 0 bridgehead atoms. The largest absolute Gasteiger partial charge is 0.390 e. The van der Waals surface area contributed by atoms with Gasteiger partial charge in [0.2, 0.25) is 0 Å². The van der Waals surface area contributed by atoms with E-state index in [-0.39, 0.29) is 15.5 Å². The van der Waals surface area contributed by atoms with Crippen molar-refractivity contribution in [1.29, 1.82) is 0 Å². The van der Waals surface area contributed by atoms with Crippen LogP contribution < -0.4 is 0 Å². The monoisotopic (exact) mass is 120 g/mol. The van der Waals surface area contributed by atoms with Gasteiger partial charge in [-0.15, -0.1) is 0 Å². The van der Waals surface area contributed by atoms with Gasteiger partial charge in [0, 0.05) is 0 Å². The molecule has 1 nitrogen and oxygen atoms in total. The van der Waals surface area contributed by atoms with Crippen molar-refractivity contribution in [2.45, 2.75) is 31.8 Å². The summed E-state index contributed by atoms with van der Waals surface area (Å²) in [6.45, 7) is 1.89. The molecule has 1 N–H and O–H groups in total. The summed E-state index contributed by atoms with van der Waals surface area (Å²) in [6, 6.07) is 0. The normalized spacial score (nSPS) is 24.9. The fourth-order valence-electron chi connectivity index (χ4n) is 0.688. The van der Waals surface area contributed by atoms with Crippen molar-refractivity contribution in [2.24, 2.45) is 0 Å². The Kier molecular flexibility index (Phi) is 2.22. The van der Waals surface area contributed by atoms with Crippen LogP contribution in [0.1, 0.15) is 26.2 Å². The molecule has 44 valence electrons. The van der Waals surface area contributed by atoms with Crippen LogP contribution in [0.5, 0.6) is 0 Å². The first-order valence-corrected chi connectivity index (χ1v) is 2.43. The van der Waals surface area contributed by atoms with Crippen LogP contribution in [0.3, 0.4) is 0 Å². The van der Waals surface area contributed by atoms with Gasteiger partial charge in [-0.2, -0.15) is 9.90 Å². The first kappa shape index (κ1) is 7.39. The molecule has 0 heterocycles. The van der Waals surface area contributed by atoms with E-state index in [0.29, 0.717) is 0 Å². The summed E-state index contributed by atoms with van der Waals surface area (Å²) in [5, 5.41) is 8.91. The van der Waals surface area contributed by atoms with Gasteiger partial charge in [-0.05, 0) is 26.2 Å². The summed E-state index contributed by atoms with van der Waals surface area (Å²) in [4.78, 5) is 0. The SMILES string of the molecule is CC1(O)CCC1.P. The molecule has 1 unspecified atom stereocenters. The van der Waals surface area contributed by atoms with Gasteiger partial charge in [-0.3, -0.25) is 0 Å². The third-order valence-corrected chi connectivity index (χ3v) is 1.43. The minimum absolute atomic E-state index is 0. The minimum Gasteiger partial charge on any atom is -0.390 e. The van der Waals surface area contributed by atoms with E-state index in [1.165, 1.54) is 6.42 Å². The van der Waals surface area contributed by atoms with Crippen molar-refractivity contribution >= 4 is 9.90 Å². The summed E-state index contributed by atoms with van der Waals surface area (Å²) in [5.74, 6) is 0. The van der Waals surface area contributed by atoms with Crippen LogP contribution in [0.4, 0.5) is 0 Å². The number of rotatable bonds is 0. The summed E-state index contributed by atoms with van der Waals surface area (Å²) < 4.78 is 0. The summed E-state index contributed by atoms with van der Waals surface area (Å²) in [5.41, 5.74) is -0.278. The maximum absolute atomic E-state index is 8.91. The highest BCUT2D eigenvalue weighted by atomic mass is 31.0. The second kappa shape index (κ2) is 2.11. The molecule has 1 aliphatic carbocycles. The summed E-state index contributed by atoms with van der Waals surface area (Å²) in [7, 11) is 0. The van der Waals surface area contributed by atoms with Crippen molar-refractivity contribution in [3.63, 3.8) is 0 Å². The van der Waals surface area contributed by atoms with Crippen molar-refractivity contribution in [1.82, 2.24) is 0 Å². The van der Waals surface area contributed by atoms with Crippen molar-refractivity contribution in [3.05, 3.63) is 0 Å². The quantitative estimate of drug-likeness (QED) is 0.472. The number of hydrogen-bond donors (Lipinski definition) is 1. The van der Waals surface area contributed by atoms with E-state index in [2.05, 4.69) is 0 Å². The predicted molar refractivity (Wildman–Crippen MR) is 35.6 cm³/mol. The zero-order valence-corrected chi connectivity index (χ0v) is 6.19. The van der Waals surface area contributed by atoms with Crippen LogP contribution in [0, 0.1) is 0 Å². The van der Waals surface area contributed by atoms with E-state index in [0.717, 1.165) is 12.8 Å². The molecular formula is C5H13OP. The Labute approximate surface area is 47.7 Å². The molecule has 0 aromatic carbocycles. The smallest absolute Gasteiger partial charge is 0.0619 e. The van der Waals surface area contributed by atoms with Gasteiger partial charge in [-0.25, -0.2) is 0 Å². The van der Waals surface area contributed by atoms with Gasteiger partial charge in [0.15, 0.2) is 0 Å². The molecule has 0 aromatic heterocycles. The zero-order valence-electron chi connectivity index (χ0n) is 4.78. The fourth-order valence-corrected chi connectivity index (χ4v) is 0.688. The molecule has 0 amide bonds.